The Morgan fingerprint density at radius 3 is 2.61 bits per heavy atom. The number of aromatic hydroxyl groups is 1. The van der Waals surface area contributed by atoms with Crippen LogP contribution in [0.2, 0.25) is 0 Å². The molecule has 0 fully saturated rings. The van der Waals surface area contributed by atoms with Crippen LogP contribution < -0.4 is 4.90 Å². The van der Waals surface area contributed by atoms with Crippen LogP contribution in [0.5, 0.6) is 5.75 Å². The number of ether oxygens (including phenoxy) is 1. The standard InChI is InChI=1S/C24H33NO3/c1-4-7-8-11-16-28-24(27)22-13-10-9-12-19(22)17-20-14-15-21(18-23(20)26)25(5-2)6-3/h9-10,12-15,17-18,22,26H,4-8,11,16H2,1-3H3. The van der Waals surface area contributed by atoms with Gasteiger partial charge >= 0.3 is 5.97 Å². The van der Waals surface area contributed by atoms with E-state index in [1.165, 1.54) is 0 Å². The second kappa shape index (κ2) is 11.4. The van der Waals surface area contributed by atoms with Crippen molar-refractivity contribution in [1.82, 2.24) is 0 Å². The van der Waals surface area contributed by atoms with Crippen LogP contribution in [0.15, 0.2) is 48.1 Å². The van der Waals surface area contributed by atoms with Gasteiger partial charge in [-0.25, -0.2) is 0 Å². The lowest BCUT2D eigenvalue weighted by Crippen LogP contribution is -2.21. The van der Waals surface area contributed by atoms with Gasteiger partial charge < -0.3 is 14.7 Å². The molecule has 0 aromatic heterocycles. The third-order valence-electron chi connectivity index (χ3n) is 5.02. The number of benzene rings is 1. The Hall–Kier alpha value is -2.49. The van der Waals surface area contributed by atoms with Crippen molar-refractivity contribution in [3.8, 4) is 5.75 Å². The van der Waals surface area contributed by atoms with E-state index >= 15 is 0 Å². The van der Waals surface area contributed by atoms with Crippen molar-refractivity contribution in [3.63, 3.8) is 0 Å². The van der Waals surface area contributed by atoms with Crippen LogP contribution in [0.3, 0.4) is 0 Å². The summed E-state index contributed by atoms with van der Waals surface area (Å²) in [7, 11) is 0. The lowest BCUT2D eigenvalue weighted by atomic mass is 9.92. The number of hydrogen-bond donors (Lipinski definition) is 1. The molecule has 0 spiro atoms. The minimum atomic E-state index is -0.432. The second-order valence-corrected chi connectivity index (χ2v) is 7.01. The molecule has 1 atom stereocenters. The average Bonchev–Trinajstić information content (AvgIpc) is 2.71. The second-order valence-electron chi connectivity index (χ2n) is 7.01. The van der Waals surface area contributed by atoms with Crippen molar-refractivity contribution in [2.24, 2.45) is 5.92 Å². The molecule has 4 heteroatoms. The van der Waals surface area contributed by atoms with E-state index in [1.54, 1.807) is 6.07 Å². The number of hydrogen-bond acceptors (Lipinski definition) is 4. The van der Waals surface area contributed by atoms with Crippen LogP contribution in [0, 0.1) is 5.92 Å². The maximum Gasteiger partial charge on any atom is 0.317 e. The van der Waals surface area contributed by atoms with Gasteiger partial charge in [0.25, 0.3) is 0 Å². The van der Waals surface area contributed by atoms with Gasteiger partial charge in [0.1, 0.15) is 11.7 Å². The van der Waals surface area contributed by atoms with Crippen molar-refractivity contribution >= 4 is 17.7 Å². The first-order chi connectivity index (χ1) is 13.6. The van der Waals surface area contributed by atoms with E-state index in [2.05, 4.69) is 25.7 Å². The highest BCUT2D eigenvalue weighted by Crippen LogP contribution is 2.30. The maximum absolute atomic E-state index is 12.5. The Morgan fingerprint density at radius 1 is 1.14 bits per heavy atom. The van der Waals surface area contributed by atoms with Crippen LogP contribution in [0.4, 0.5) is 5.69 Å². The first kappa shape index (κ1) is 21.8. The van der Waals surface area contributed by atoms with Crippen LogP contribution in [0.25, 0.3) is 6.08 Å². The van der Waals surface area contributed by atoms with Crippen molar-refractivity contribution < 1.29 is 14.6 Å². The van der Waals surface area contributed by atoms with E-state index in [1.807, 2.05) is 42.5 Å². The van der Waals surface area contributed by atoms with Crippen molar-refractivity contribution in [3.05, 3.63) is 53.6 Å². The summed E-state index contributed by atoms with van der Waals surface area (Å²) < 4.78 is 5.47. The lowest BCUT2D eigenvalue weighted by molar-refractivity contribution is -0.145. The molecule has 2 rings (SSSR count). The summed E-state index contributed by atoms with van der Waals surface area (Å²) in [5.41, 5.74) is 2.52. The maximum atomic E-state index is 12.5. The van der Waals surface area contributed by atoms with Crippen molar-refractivity contribution in [2.45, 2.75) is 46.5 Å². The molecular weight excluding hydrogens is 350 g/mol. The van der Waals surface area contributed by atoms with E-state index < -0.39 is 5.92 Å². The topological polar surface area (TPSA) is 49.8 Å². The molecule has 0 radical (unpaired) electrons. The molecule has 1 unspecified atom stereocenters. The number of carbonyl (C=O) groups is 1. The highest BCUT2D eigenvalue weighted by molar-refractivity contribution is 5.82. The van der Waals surface area contributed by atoms with Gasteiger partial charge in [-0.1, -0.05) is 50.5 Å². The smallest absolute Gasteiger partial charge is 0.317 e. The molecule has 0 saturated carbocycles. The Bertz CT molecular complexity index is 729. The fourth-order valence-electron chi connectivity index (χ4n) is 3.32. The number of nitrogens with zero attached hydrogens (tertiary/aromatic N) is 1. The molecule has 1 aliphatic carbocycles. The number of rotatable bonds is 10. The highest BCUT2D eigenvalue weighted by Gasteiger charge is 2.22. The number of phenolic OH excluding ortho intramolecular Hbond substituents is 1. The number of phenols is 1. The lowest BCUT2D eigenvalue weighted by Gasteiger charge is -2.21. The van der Waals surface area contributed by atoms with E-state index in [4.69, 9.17) is 4.74 Å². The van der Waals surface area contributed by atoms with Gasteiger partial charge in [0.05, 0.1) is 6.61 Å². The van der Waals surface area contributed by atoms with Gasteiger partial charge in [-0.2, -0.15) is 0 Å². The zero-order chi connectivity index (χ0) is 20.4. The van der Waals surface area contributed by atoms with Crippen LogP contribution >= 0.6 is 0 Å². The molecule has 0 heterocycles. The zero-order valence-electron chi connectivity index (χ0n) is 17.4. The van der Waals surface area contributed by atoms with E-state index in [9.17, 15) is 9.90 Å². The SMILES string of the molecule is CCCCCCOC(=O)C1C=CC=CC1=Cc1ccc(N(CC)CC)cc1O. The Morgan fingerprint density at radius 2 is 1.93 bits per heavy atom. The third kappa shape index (κ3) is 6.01. The molecule has 0 bridgehead atoms. The van der Waals surface area contributed by atoms with Gasteiger partial charge in [0, 0.05) is 30.4 Å². The summed E-state index contributed by atoms with van der Waals surface area (Å²) in [5.74, 6) is -0.452. The first-order valence-corrected chi connectivity index (χ1v) is 10.4. The zero-order valence-corrected chi connectivity index (χ0v) is 17.4. The normalized spacial score (nSPS) is 17.1. The highest BCUT2D eigenvalue weighted by atomic mass is 16.5. The summed E-state index contributed by atoms with van der Waals surface area (Å²) in [4.78, 5) is 14.7. The fourth-order valence-corrected chi connectivity index (χ4v) is 3.32. The van der Waals surface area contributed by atoms with Crippen molar-refractivity contribution in [1.29, 1.82) is 0 Å². The third-order valence-corrected chi connectivity index (χ3v) is 5.02. The summed E-state index contributed by atoms with van der Waals surface area (Å²) in [5, 5.41) is 10.5. The van der Waals surface area contributed by atoms with E-state index in [0.717, 1.165) is 50.0 Å². The van der Waals surface area contributed by atoms with Gasteiger partial charge in [-0.3, -0.25) is 4.79 Å². The summed E-state index contributed by atoms with van der Waals surface area (Å²) in [6.45, 7) is 8.57. The first-order valence-electron chi connectivity index (χ1n) is 10.4. The van der Waals surface area contributed by atoms with E-state index in [-0.39, 0.29) is 11.7 Å². The predicted molar refractivity (Wildman–Crippen MR) is 117 cm³/mol. The quantitative estimate of drug-likeness (QED) is 0.429. The van der Waals surface area contributed by atoms with Gasteiger partial charge in [-0.15, -0.1) is 0 Å². The summed E-state index contributed by atoms with van der Waals surface area (Å²) in [6.07, 6.45) is 13.7. The molecule has 1 aliphatic rings. The number of esters is 1. The predicted octanol–water partition coefficient (Wildman–Crippen LogP) is 5.49. The molecule has 4 nitrogen and oxygen atoms in total. The molecule has 152 valence electrons. The van der Waals surface area contributed by atoms with Crippen molar-refractivity contribution in [2.75, 3.05) is 24.6 Å². The van der Waals surface area contributed by atoms with Gasteiger partial charge in [0.2, 0.25) is 0 Å². The molecule has 0 saturated heterocycles. The Balaban J connectivity index is 2.11. The van der Waals surface area contributed by atoms with E-state index in [0.29, 0.717) is 12.2 Å². The number of anilines is 1. The minimum Gasteiger partial charge on any atom is -0.507 e. The average molecular weight is 384 g/mol. The number of allylic oxidation sites excluding steroid dienone is 3. The molecule has 28 heavy (non-hydrogen) atoms. The van der Waals surface area contributed by atoms with Crippen LogP contribution in [-0.4, -0.2) is 30.8 Å². The van der Waals surface area contributed by atoms with Gasteiger partial charge in [0.15, 0.2) is 0 Å². The Labute approximate surface area is 169 Å². The minimum absolute atomic E-state index is 0.214. The molecule has 1 aromatic rings. The Kier molecular flexibility index (Phi) is 8.86. The molecule has 0 aliphatic heterocycles. The summed E-state index contributed by atoms with van der Waals surface area (Å²) >= 11 is 0. The number of unbranched alkanes of at least 4 members (excludes halogenated alkanes) is 3. The largest absolute Gasteiger partial charge is 0.507 e. The molecule has 1 aromatic carbocycles. The number of carbonyl (C=O) groups excluding carboxylic acids is 1. The molecular formula is C24H33NO3. The monoisotopic (exact) mass is 383 g/mol. The molecule has 1 N–H and O–H groups in total. The molecule has 0 amide bonds. The van der Waals surface area contributed by atoms with Crippen LogP contribution in [-0.2, 0) is 9.53 Å². The van der Waals surface area contributed by atoms with Gasteiger partial charge in [-0.05, 0) is 44.1 Å². The fraction of sp³-hybridized carbons (Fsp3) is 0.458. The van der Waals surface area contributed by atoms with Crippen LogP contribution in [0.1, 0.15) is 52.0 Å². The summed E-state index contributed by atoms with van der Waals surface area (Å²) in [6, 6.07) is 5.68.